The Labute approximate surface area is 468 Å². The number of β-amino-alcohol motifs (C(OH)–C–C–N with tert-alkyl or cyclic N) is 1. The number of rotatable bonds is 23. The third kappa shape index (κ3) is 16.3. The number of carbonyl (C=O) groups is 5. The number of aliphatic hydroxyl groups excluding tert-OH is 1. The van der Waals surface area contributed by atoms with Gasteiger partial charge in [-0.25, -0.2) is 15.0 Å². The number of nitrogens with zero attached hydrogens (tertiary/aromatic N) is 7. The van der Waals surface area contributed by atoms with E-state index in [0.717, 1.165) is 108 Å². The summed E-state index contributed by atoms with van der Waals surface area (Å²) in [5.41, 5.74) is 9.84. The molecule has 5 heterocycles. The normalized spacial score (nSPS) is 16.1. The van der Waals surface area contributed by atoms with Crippen molar-refractivity contribution in [2.75, 3.05) is 43.4 Å². The number of pyridine rings is 1. The van der Waals surface area contributed by atoms with Gasteiger partial charge in [-0.1, -0.05) is 95.3 Å². The summed E-state index contributed by atoms with van der Waals surface area (Å²) >= 11 is 1.58. The smallest absolute Gasteiger partial charge is 0.255 e. The van der Waals surface area contributed by atoms with E-state index in [1.807, 2.05) is 130 Å². The van der Waals surface area contributed by atoms with E-state index >= 15 is 0 Å². The average Bonchev–Trinajstić information content (AvgIpc) is 4.08. The molecule has 3 aromatic heterocycles. The lowest BCUT2D eigenvalue weighted by Crippen LogP contribution is -2.57. The fourth-order valence-corrected chi connectivity index (χ4v) is 10.9. The van der Waals surface area contributed by atoms with E-state index in [1.165, 1.54) is 4.90 Å². The highest BCUT2D eigenvalue weighted by molar-refractivity contribution is 7.13. The van der Waals surface area contributed by atoms with E-state index in [1.54, 1.807) is 29.9 Å². The molecule has 17 nitrogen and oxygen atoms in total. The van der Waals surface area contributed by atoms with Crippen molar-refractivity contribution in [2.24, 2.45) is 5.41 Å². The Morgan fingerprint density at radius 3 is 2.18 bits per heavy atom. The highest BCUT2D eigenvalue weighted by Crippen LogP contribution is 2.30. The maximum atomic E-state index is 14.1. The molecule has 18 heteroatoms. The Morgan fingerprint density at radius 1 is 0.785 bits per heavy atom. The van der Waals surface area contributed by atoms with E-state index in [9.17, 15) is 29.1 Å². The van der Waals surface area contributed by atoms with Gasteiger partial charge in [0.2, 0.25) is 29.6 Å². The number of hydrogen-bond donors (Lipinski definition) is 5. The van der Waals surface area contributed by atoms with Gasteiger partial charge < -0.3 is 36.2 Å². The SMILES string of the molecule is Cc1ccc(NC(=O)c2ccc(CN3CCN(C(=O)CCCCCCCCCC(=O)NC(C(=O)N4CC(O)CC4C(=O)NCc4ccc(-c5scnc5C)cc4)C(C)(C)C)CC3)cc2)cc1Nc1nccc(-c2cccnc2)n1. The van der Waals surface area contributed by atoms with Crippen LogP contribution in [-0.2, 0) is 32.3 Å². The Morgan fingerprint density at radius 2 is 1.49 bits per heavy atom. The minimum Gasteiger partial charge on any atom is -0.391 e. The summed E-state index contributed by atoms with van der Waals surface area (Å²) in [5.74, 6) is -0.479. The highest BCUT2D eigenvalue weighted by atomic mass is 32.1. The van der Waals surface area contributed by atoms with Crippen molar-refractivity contribution in [1.29, 1.82) is 0 Å². The number of piperazine rings is 1. The van der Waals surface area contributed by atoms with E-state index in [-0.39, 0.29) is 49.0 Å². The number of amides is 5. The number of aromatic nitrogens is 4. The fourth-order valence-electron chi connectivity index (χ4n) is 10.0. The third-order valence-electron chi connectivity index (χ3n) is 14.7. The van der Waals surface area contributed by atoms with Gasteiger partial charge in [0.25, 0.3) is 5.91 Å². The van der Waals surface area contributed by atoms with Crippen molar-refractivity contribution in [3.8, 4) is 21.7 Å². The van der Waals surface area contributed by atoms with Crippen LogP contribution in [0.1, 0.15) is 118 Å². The van der Waals surface area contributed by atoms with Crippen molar-refractivity contribution < 1.29 is 29.1 Å². The van der Waals surface area contributed by atoms with Crippen LogP contribution < -0.4 is 21.3 Å². The number of unbranched alkanes of at least 4 members (excludes halogenated alkanes) is 6. The van der Waals surface area contributed by atoms with Crippen LogP contribution in [0.25, 0.3) is 21.7 Å². The third-order valence-corrected chi connectivity index (χ3v) is 15.7. The summed E-state index contributed by atoms with van der Waals surface area (Å²) in [6.07, 6.45) is 11.7. The number of nitrogens with one attached hydrogen (secondary N) is 4. The molecule has 79 heavy (non-hydrogen) atoms. The molecule has 2 aliphatic heterocycles. The summed E-state index contributed by atoms with van der Waals surface area (Å²) in [5, 5.41) is 22.9. The Hall–Kier alpha value is -7.41. The molecule has 0 spiro atoms. The molecule has 416 valence electrons. The van der Waals surface area contributed by atoms with Gasteiger partial charge in [0, 0.05) is 106 Å². The predicted octanol–water partition coefficient (Wildman–Crippen LogP) is 9.24. The van der Waals surface area contributed by atoms with Crippen LogP contribution in [-0.4, -0.2) is 120 Å². The first kappa shape index (κ1) is 57.8. The number of aliphatic hydroxyl groups is 1. The van der Waals surface area contributed by atoms with Gasteiger partial charge in [0.1, 0.15) is 12.1 Å². The molecule has 0 radical (unpaired) electrons. The van der Waals surface area contributed by atoms with Crippen LogP contribution >= 0.6 is 11.3 Å². The summed E-state index contributed by atoms with van der Waals surface area (Å²) in [6, 6.07) is 25.2. The number of carbonyl (C=O) groups excluding carboxylic acids is 5. The van der Waals surface area contributed by atoms with Crippen LogP contribution in [0.2, 0.25) is 0 Å². The van der Waals surface area contributed by atoms with Gasteiger partial charge in [-0.2, -0.15) is 0 Å². The van der Waals surface area contributed by atoms with Crippen molar-refractivity contribution >= 4 is 58.2 Å². The maximum absolute atomic E-state index is 14.1. The number of aryl methyl sites for hydroxylation is 2. The first-order valence-electron chi connectivity index (χ1n) is 27.6. The van der Waals surface area contributed by atoms with Crippen LogP contribution in [0, 0.1) is 19.3 Å². The minimum absolute atomic E-state index is 0.0252. The lowest BCUT2D eigenvalue weighted by Gasteiger charge is -2.35. The molecule has 0 bridgehead atoms. The van der Waals surface area contributed by atoms with Gasteiger partial charge in [-0.3, -0.25) is 33.9 Å². The van der Waals surface area contributed by atoms with E-state index in [0.29, 0.717) is 49.6 Å². The topological polar surface area (TPSA) is 215 Å². The van der Waals surface area contributed by atoms with Crippen molar-refractivity contribution in [3.05, 3.63) is 137 Å². The molecule has 8 rings (SSSR count). The highest BCUT2D eigenvalue weighted by Gasteiger charge is 2.44. The maximum Gasteiger partial charge on any atom is 0.255 e. The van der Waals surface area contributed by atoms with E-state index < -0.39 is 23.6 Å². The van der Waals surface area contributed by atoms with Gasteiger partial charge >= 0.3 is 0 Å². The molecule has 0 saturated carbocycles. The molecule has 0 aliphatic carbocycles. The number of likely N-dealkylation sites (tertiary alicyclic amines) is 1. The molecule has 5 N–H and O–H groups in total. The number of anilines is 3. The second kappa shape index (κ2) is 27.5. The number of thiazole rings is 1. The zero-order valence-corrected chi connectivity index (χ0v) is 47.0. The van der Waals surface area contributed by atoms with Crippen LogP contribution in [0.3, 0.4) is 0 Å². The lowest BCUT2D eigenvalue weighted by atomic mass is 9.85. The Kier molecular flexibility index (Phi) is 20.1. The summed E-state index contributed by atoms with van der Waals surface area (Å²) in [6.45, 7) is 13.6. The molecule has 2 fully saturated rings. The molecular formula is C61H75N11O6S. The molecule has 3 aromatic carbocycles. The monoisotopic (exact) mass is 1090 g/mol. The van der Waals surface area contributed by atoms with Gasteiger partial charge in [0.05, 0.1) is 27.9 Å². The van der Waals surface area contributed by atoms with E-state index in [4.69, 9.17) is 0 Å². The molecule has 2 saturated heterocycles. The standard InChI is InChI=1S/C61H75N11O6S/c1-41-17-26-48(34-51(41)68-60-63-29-27-50(67-60)47-14-13-28-62-37-47)66-57(76)46-24-20-44(21-25-46)38-70-30-32-71(33-31-70)54(75)16-12-10-8-6-7-9-11-15-53(74)69-56(61(3,4)5)59(78)72-39-49(73)35-52(72)58(77)64-36-43-18-22-45(23-19-43)55-42(2)65-40-79-55/h13-14,17-29,34,37,40,49,52,56,73H,6-12,15-16,30-33,35-36,38-39H2,1-5H3,(H,64,77)(H,66,76)(H,69,74)(H,63,67,68). The largest absolute Gasteiger partial charge is 0.391 e. The fraction of sp³-hybridized carbons (Fsp3) is 0.426. The molecule has 3 atom stereocenters. The summed E-state index contributed by atoms with van der Waals surface area (Å²) in [7, 11) is 0. The summed E-state index contributed by atoms with van der Waals surface area (Å²) in [4.78, 5) is 91.6. The van der Waals surface area contributed by atoms with E-state index in [2.05, 4.69) is 46.1 Å². The van der Waals surface area contributed by atoms with Crippen molar-refractivity contribution in [2.45, 2.75) is 130 Å². The van der Waals surface area contributed by atoms with Crippen molar-refractivity contribution in [1.82, 2.24) is 45.3 Å². The van der Waals surface area contributed by atoms with Gasteiger partial charge in [-0.15, -0.1) is 11.3 Å². The first-order chi connectivity index (χ1) is 38.1. The Bertz CT molecular complexity index is 3010. The molecular weight excluding hydrogens is 1010 g/mol. The second-order valence-corrected chi connectivity index (χ2v) is 22.7. The lowest BCUT2D eigenvalue weighted by molar-refractivity contribution is -0.144. The van der Waals surface area contributed by atoms with Crippen LogP contribution in [0.4, 0.5) is 17.3 Å². The number of hydrogen-bond acceptors (Lipinski definition) is 13. The zero-order chi connectivity index (χ0) is 55.9. The second-order valence-electron chi connectivity index (χ2n) is 21.9. The molecule has 5 amide bonds. The average molecular weight is 1090 g/mol. The Balaban J connectivity index is 0.675. The molecule has 2 aliphatic rings. The molecule has 6 aromatic rings. The van der Waals surface area contributed by atoms with Crippen LogP contribution in [0.5, 0.6) is 0 Å². The predicted molar refractivity (Wildman–Crippen MR) is 309 cm³/mol. The quantitative estimate of drug-likeness (QED) is 0.0380. The minimum atomic E-state index is -0.862. The number of benzene rings is 3. The molecule has 3 unspecified atom stereocenters. The first-order valence-corrected chi connectivity index (χ1v) is 28.5. The van der Waals surface area contributed by atoms with Crippen LogP contribution in [0.15, 0.2) is 109 Å². The summed E-state index contributed by atoms with van der Waals surface area (Å²) < 4.78 is 0. The van der Waals surface area contributed by atoms with Gasteiger partial charge in [-0.05, 0) is 96.8 Å². The van der Waals surface area contributed by atoms with Crippen molar-refractivity contribution in [3.63, 3.8) is 0 Å². The van der Waals surface area contributed by atoms with Gasteiger partial charge in [0.15, 0.2) is 0 Å². The zero-order valence-electron chi connectivity index (χ0n) is 46.2.